The van der Waals surface area contributed by atoms with Gasteiger partial charge in [-0.25, -0.2) is 0 Å². The van der Waals surface area contributed by atoms with Gasteiger partial charge in [-0.2, -0.15) is 0 Å². The fourth-order valence-electron chi connectivity index (χ4n) is 2.31. The van der Waals surface area contributed by atoms with Gasteiger partial charge in [0.1, 0.15) is 0 Å². The van der Waals surface area contributed by atoms with E-state index in [1.54, 1.807) is 0 Å². The Morgan fingerprint density at radius 3 is 2.73 bits per heavy atom. The van der Waals surface area contributed by atoms with E-state index in [0.717, 1.165) is 12.6 Å². The maximum absolute atomic E-state index is 3.49. The van der Waals surface area contributed by atoms with Gasteiger partial charge >= 0.3 is 0 Å². The summed E-state index contributed by atoms with van der Waals surface area (Å²) in [5, 5.41) is 3.49. The molecule has 1 fully saturated rings. The van der Waals surface area contributed by atoms with Crippen molar-refractivity contribution in [3.05, 3.63) is 0 Å². The molecule has 1 heterocycles. The predicted octanol–water partition coefficient (Wildman–Crippen LogP) is 1.01. The molecule has 15 heavy (non-hydrogen) atoms. The second-order valence-electron chi connectivity index (χ2n) is 5.20. The molecule has 1 atom stereocenters. The highest BCUT2D eigenvalue weighted by atomic mass is 15.2. The molecule has 1 aliphatic rings. The van der Waals surface area contributed by atoms with Gasteiger partial charge in [0.2, 0.25) is 0 Å². The third-order valence-corrected chi connectivity index (χ3v) is 3.03. The van der Waals surface area contributed by atoms with Crippen LogP contribution >= 0.6 is 0 Å². The van der Waals surface area contributed by atoms with E-state index in [-0.39, 0.29) is 0 Å². The number of nitrogens with zero attached hydrogens (tertiary/aromatic N) is 2. The van der Waals surface area contributed by atoms with Gasteiger partial charge in [-0.05, 0) is 33.5 Å². The average molecular weight is 213 g/mol. The summed E-state index contributed by atoms with van der Waals surface area (Å²) in [6, 6.07) is 1.40. The van der Waals surface area contributed by atoms with Crippen molar-refractivity contribution >= 4 is 0 Å². The van der Waals surface area contributed by atoms with Crippen LogP contribution in [0.25, 0.3) is 0 Å². The molecule has 3 nitrogen and oxygen atoms in total. The Kier molecular flexibility index (Phi) is 5.58. The van der Waals surface area contributed by atoms with Crippen molar-refractivity contribution in [3.63, 3.8) is 0 Å². The summed E-state index contributed by atoms with van der Waals surface area (Å²) in [4.78, 5) is 4.94. The third kappa shape index (κ3) is 4.96. The van der Waals surface area contributed by atoms with E-state index in [4.69, 9.17) is 0 Å². The zero-order valence-corrected chi connectivity index (χ0v) is 10.8. The van der Waals surface area contributed by atoms with Crippen molar-refractivity contribution in [2.45, 2.75) is 38.8 Å². The minimum Gasteiger partial charge on any atom is -0.313 e. The molecule has 1 N–H and O–H groups in total. The van der Waals surface area contributed by atoms with Crippen LogP contribution in [0.2, 0.25) is 0 Å². The lowest BCUT2D eigenvalue weighted by Gasteiger charge is -2.27. The molecule has 0 aromatic carbocycles. The van der Waals surface area contributed by atoms with Gasteiger partial charge in [-0.15, -0.1) is 0 Å². The van der Waals surface area contributed by atoms with Gasteiger partial charge in [0, 0.05) is 31.7 Å². The van der Waals surface area contributed by atoms with Crippen LogP contribution in [0.3, 0.4) is 0 Å². The van der Waals surface area contributed by atoms with Gasteiger partial charge < -0.3 is 10.2 Å². The summed E-state index contributed by atoms with van der Waals surface area (Å²) < 4.78 is 0. The molecule has 0 radical (unpaired) electrons. The zero-order valence-electron chi connectivity index (χ0n) is 10.8. The maximum Gasteiger partial charge on any atom is 0.0223 e. The first-order chi connectivity index (χ1) is 7.09. The summed E-state index contributed by atoms with van der Waals surface area (Å²) in [5.74, 6) is 0. The topological polar surface area (TPSA) is 18.5 Å². The molecule has 0 bridgehead atoms. The summed E-state index contributed by atoms with van der Waals surface area (Å²) in [6.45, 7) is 9.25. The lowest BCUT2D eigenvalue weighted by molar-refractivity contribution is 0.207. The Bertz CT molecular complexity index is 168. The van der Waals surface area contributed by atoms with E-state index in [1.165, 1.54) is 32.5 Å². The molecule has 0 aliphatic carbocycles. The van der Waals surface area contributed by atoms with Crippen LogP contribution in [-0.2, 0) is 0 Å². The number of rotatable bonds is 6. The number of hydrogen-bond donors (Lipinski definition) is 1. The van der Waals surface area contributed by atoms with Gasteiger partial charge in [-0.1, -0.05) is 13.8 Å². The minimum atomic E-state index is 0.611. The number of nitrogens with one attached hydrogen (secondary N) is 1. The van der Waals surface area contributed by atoms with Gasteiger partial charge in [0.05, 0.1) is 0 Å². The molecule has 0 aromatic rings. The van der Waals surface area contributed by atoms with Crippen molar-refractivity contribution in [2.75, 3.05) is 40.3 Å². The molecule has 0 amide bonds. The summed E-state index contributed by atoms with van der Waals surface area (Å²) in [7, 11) is 4.34. The van der Waals surface area contributed by atoms with Crippen molar-refractivity contribution in [1.29, 1.82) is 0 Å². The molecule has 1 unspecified atom stereocenters. The van der Waals surface area contributed by atoms with Crippen LogP contribution in [0.4, 0.5) is 0 Å². The van der Waals surface area contributed by atoms with E-state index < -0.39 is 0 Å². The fraction of sp³-hybridized carbons (Fsp3) is 1.00. The first kappa shape index (κ1) is 12.9. The smallest absolute Gasteiger partial charge is 0.0223 e. The Hall–Kier alpha value is -0.120. The predicted molar refractivity (Wildman–Crippen MR) is 66.3 cm³/mol. The standard InChI is InChI=1S/C12H27N3/c1-11(2)13-7-9-15-8-5-6-12(15)10-14(3)4/h11-13H,5-10H2,1-4H3. The Morgan fingerprint density at radius 2 is 2.13 bits per heavy atom. The molecule has 0 saturated carbocycles. The fourth-order valence-corrected chi connectivity index (χ4v) is 2.31. The summed E-state index contributed by atoms with van der Waals surface area (Å²) in [5.41, 5.74) is 0. The van der Waals surface area contributed by atoms with Crippen molar-refractivity contribution in [1.82, 2.24) is 15.1 Å². The van der Waals surface area contributed by atoms with Crippen molar-refractivity contribution < 1.29 is 0 Å². The minimum absolute atomic E-state index is 0.611. The average Bonchev–Trinajstić information content (AvgIpc) is 2.51. The molecule has 1 rings (SSSR count). The second-order valence-corrected chi connectivity index (χ2v) is 5.20. The SMILES string of the molecule is CC(C)NCCN1CCCC1CN(C)C. The molecule has 90 valence electrons. The van der Waals surface area contributed by atoms with E-state index in [9.17, 15) is 0 Å². The molecule has 1 aliphatic heterocycles. The van der Waals surface area contributed by atoms with E-state index in [0.29, 0.717) is 6.04 Å². The van der Waals surface area contributed by atoms with Crippen LogP contribution in [0.15, 0.2) is 0 Å². The van der Waals surface area contributed by atoms with Crippen LogP contribution in [-0.4, -0.2) is 62.2 Å². The highest BCUT2D eigenvalue weighted by molar-refractivity contribution is 4.81. The highest BCUT2D eigenvalue weighted by Gasteiger charge is 2.23. The second kappa shape index (κ2) is 6.46. The van der Waals surface area contributed by atoms with E-state index >= 15 is 0 Å². The zero-order chi connectivity index (χ0) is 11.3. The Morgan fingerprint density at radius 1 is 1.40 bits per heavy atom. The number of likely N-dealkylation sites (tertiary alicyclic amines) is 1. The van der Waals surface area contributed by atoms with Gasteiger partial charge in [0.25, 0.3) is 0 Å². The monoisotopic (exact) mass is 213 g/mol. The molecular weight excluding hydrogens is 186 g/mol. The van der Waals surface area contributed by atoms with Crippen LogP contribution < -0.4 is 5.32 Å². The lowest BCUT2D eigenvalue weighted by atomic mass is 10.2. The quantitative estimate of drug-likeness (QED) is 0.710. The third-order valence-electron chi connectivity index (χ3n) is 3.03. The molecule has 3 heteroatoms. The van der Waals surface area contributed by atoms with Crippen molar-refractivity contribution in [3.8, 4) is 0 Å². The highest BCUT2D eigenvalue weighted by Crippen LogP contribution is 2.16. The summed E-state index contributed by atoms with van der Waals surface area (Å²) >= 11 is 0. The van der Waals surface area contributed by atoms with E-state index in [2.05, 4.69) is 43.1 Å². The largest absolute Gasteiger partial charge is 0.313 e. The van der Waals surface area contributed by atoms with Gasteiger partial charge in [-0.3, -0.25) is 4.90 Å². The summed E-state index contributed by atoms with van der Waals surface area (Å²) in [6.07, 6.45) is 2.75. The lowest BCUT2D eigenvalue weighted by Crippen LogP contribution is -2.41. The first-order valence-electron chi connectivity index (χ1n) is 6.21. The van der Waals surface area contributed by atoms with E-state index in [1.807, 2.05) is 0 Å². The van der Waals surface area contributed by atoms with Crippen LogP contribution in [0.5, 0.6) is 0 Å². The number of likely N-dealkylation sites (N-methyl/N-ethyl adjacent to an activating group) is 1. The Labute approximate surface area is 94.8 Å². The van der Waals surface area contributed by atoms with Crippen LogP contribution in [0.1, 0.15) is 26.7 Å². The Balaban J connectivity index is 2.21. The normalized spacial score (nSPS) is 23.2. The molecule has 0 aromatic heterocycles. The van der Waals surface area contributed by atoms with Crippen molar-refractivity contribution in [2.24, 2.45) is 0 Å². The van der Waals surface area contributed by atoms with Gasteiger partial charge in [0.15, 0.2) is 0 Å². The molecule has 0 spiro atoms. The number of hydrogen-bond acceptors (Lipinski definition) is 3. The molecule has 1 saturated heterocycles. The van der Waals surface area contributed by atoms with Crippen LogP contribution in [0, 0.1) is 0 Å². The molecular formula is C12H27N3. The first-order valence-corrected chi connectivity index (χ1v) is 6.21. The maximum atomic E-state index is 3.49.